The summed E-state index contributed by atoms with van der Waals surface area (Å²) < 4.78 is 2.89. The molecule has 0 bridgehead atoms. The van der Waals surface area contributed by atoms with E-state index in [2.05, 4.69) is 33.4 Å². The van der Waals surface area contributed by atoms with Gasteiger partial charge in [-0.2, -0.15) is 5.10 Å². The summed E-state index contributed by atoms with van der Waals surface area (Å²) >= 11 is 11.5. The van der Waals surface area contributed by atoms with Crippen molar-refractivity contribution < 1.29 is 0 Å². The van der Waals surface area contributed by atoms with Crippen LogP contribution >= 0.6 is 38.9 Å². The maximum Gasteiger partial charge on any atom is 0.0996 e. The Morgan fingerprint density at radius 1 is 1.63 bits per heavy atom. The van der Waals surface area contributed by atoms with Crippen LogP contribution in [0.4, 0.5) is 0 Å². The van der Waals surface area contributed by atoms with Gasteiger partial charge in [-0.05, 0) is 40.2 Å². The zero-order chi connectivity index (χ0) is 14.0. The average molecular weight is 364 g/mol. The number of hydrogen-bond acceptors (Lipinski definition) is 4. The third-order valence-corrected chi connectivity index (χ3v) is 5.29. The van der Waals surface area contributed by atoms with E-state index in [0.717, 1.165) is 38.6 Å². The molecule has 0 fully saturated rings. The molecule has 19 heavy (non-hydrogen) atoms. The van der Waals surface area contributed by atoms with Gasteiger partial charge in [0.15, 0.2) is 0 Å². The van der Waals surface area contributed by atoms with Crippen LogP contribution in [-0.4, -0.2) is 9.78 Å². The summed E-state index contributed by atoms with van der Waals surface area (Å²) in [5.41, 5.74) is 4.93. The zero-order valence-corrected chi connectivity index (χ0v) is 13.9. The zero-order valence-electron chi connectivity index (χ0n) is 10.8. The molecule has 2 rings (SSSR count). The highest BCUT2D eigenvalue weighted by atomic mass is 79.9. The average Bonchev–Trinajstić information content (AvgIpc) is 2.90. The second-order valence-corrected chi connectivity index (χ2v) is 6.44. The molecule has 2 heterocycles. The molecule has 0 radical (unpaired) electrons. The first-order valence-corrected chi connectivity index (χ1v) is 8.06. The number of rotatable bonds is 5. The molecule has 0 spiro atoms. The van der Waals surface area contributed by atoms with Crippen molar-refractivity contribution in [3.8, 4) is 0 Å². The molecule has 3 N–H and O–H groups in total. The van der Waals surface area contributed by atoms with Gasteiger partial charge in [-0.1, -0.05) is 18.5 Å². The van der Waals surface area contributed by atoms with Gasteiger partial charge in [-0.25, -0.2) is 5.43 Å². The molecule has 4 nitrogen and oxygen atoms in total. The fourth-order valence-corrected chi connectivity index (χ4v) is 3.86. The van der Waals surface area contributed by atoms with Crippen molar-refractivity contribution in [2.45, 2.75) is 32.9 Å². The van der Waals surface area contributed by atoms with Crippen molar-refractivity contribution in [2.75, 3.05) is 0 Å². The number of nitrogens with two attached hydrogens (primary N) is 1. The van der Waals surface area contributed by atoms with Gasteiger partial charge in [-0.3, -0.25) is 10.5 Å². The molecule has 7 heteroatoms. The molecular formula is C12H16BrClN4S. The van der Waals surface area contributed by atoms with E-state index in [9.17, 15) is 0 Å². The van der Waals surface area contributed by atoms with E-state index in [1.54, 1.807) is 17.5 Å². The number of aromatic nitrogens is 2. The first-order chi connectivity index (χ1) is 9.10. The Morgan fingerprint density at radius 3 is 2.89 bits per heavy atom. The van der Waals surface area contributed by atoms with Gasteiger partial charge < -0.3 is 0 Å². The summed E-state index contributed by atoms with van der Waals surface area (Å²) in [7, 11) is 0. The third-order valence-electron chi connectivity index (χ3n) is 2.90. The molecule has 0 aliphatic rings. The van der Waals surface area contributed by atoms with Crippen molar-refractivity contribution >= 4 is 38.9 Å². The largest absolute Gasteiger partial charge is 0.270 e. The summed E-state index contributed by atoms with van der Waals surface area (Å²) in [6.07, 6.45) is 2.80. The minimum absolute atomic E-state index is 0.158. The standard InChI is InChI=1S/C12H16BrClN4S/c1-3-4-18-11(8(13)5-16-18)10(17-15)12-9(14)7(2)6-19-12/h5-6,10,17H,3-4,15H2,1-2H3. The Balaban J connectivity index is 2.48. The van der Waals surface area contributed by atoms with Crippen LogP contribution in [0.2, 0.25) is 5.02 Å². The lowest BCUT2D eigenvalue weighted by Gasteiger charge is -2.18. The fraction of sp³-hybridized carbons (Fsp3) is 0.417. The van der Waals surface area contributed by atoms with Crippen molar-refractivity contribution in [3.63, 3.8) is 0 Å². The van der Waals surface area contributed by atoms with E-state index >= 15 is 0 Å². The Morgan fingerprint density at radius 2 is 2.37 bits per heavy atom. The van der Waals surface area contributed by atoms with Crippen LogP contribution in [0.25, 0.3) is 0 Å². The summed E-state index contributed by atoms with van der Waals surface area (Å²) in [6.45, 7) is 4.96. The normalized spacial score (nSPS) is 12.9. The van der Waals surface area contributed by atoms with E-state index in [1.165, 1.54) is 0 Å². The SMILES string of the molecule is CCCn1ncc(Br)c1C(NN)c1scc(C)c1Cl. The van der Waals surface area contributed by atoms with Gasteiger partial charge in [-0.15, -0.1) is 11.3 Å². The van der Waals surface area contributed by atoms with Gasteiger partial charge in [0, 0.05) is 11.4 Å². The fourth-order valence-electron chi connectivity index (χ4n) is 1.97. The minimum atomic E-state index is -0.158. The summed E-state index contributed by atoms with van der Waals surface area (Å²) in [4.78, 5) is 1.01. The Labute approximate surface area is 130 Å². The Bertz CT molecular complexity index is 566. The maximum absolute atomic E-state index is 6.35. The van der Waals surface area contributed by atoms with Crippen molar-refractivity contribution in [1.29, 1.82) is 0 Å². The smallest absolute Gasteiger partial charge is 0.0996 e. The monoisotopic (exact) mass is 362 g/mol. The highest BCUT2D eigenvalue weighted by molar-refractivity contribution is 9.10. The van der Waals surface area contributed by atoms with Gasteiger partial charge >= 0.3 is 0 Å². The number of nitrogens with one attached hydrogen (secondary N) is 1. The van der Waals surface area contributed by atoms with Crippen LogP contribution in [0.1, 0.15) is 35.5 Å². The summed E-state index contributed by atoms with van der Waals surface area (Å²) in [6, 6.07) is -0.158. The topological polar surface area (TPSA) is 55.9 Å². The van der Waals surface area contributed by atoms with E-state index in [1.807, 2.05) is 17.0 Å². The molecule has 0 amide bonds. The van der Waals surface area contributed by atoms with Gasteiger partial charge in [0.2, 0.25) is 0 Å². The quantitative estimate of drug-likeness (QED) is 0.630. The van der Waals surface area contributed by atoms with E-state index in [4.69, 9.17) is 17.4 Å². The number of halogens is 2. The molecule has 2 aromatic rings. The molecule has 0 aromatic carbocycles. The number of thiophene rings is 1. The van der Waals surface area contributed by atoms with Crippen LogP contribution in [0, 0.1) is 6.92 Å². The van der Waals surface area contributed by atoms with Gasteiger partial charge in [0.05, 0.1) is 27.4 Å². The first kappa shape index (κ1) is 15.0. The number of hydrogen-bond donors (Lipinski definition) is 2. The molecule has 0 aliphatic heterocycles. The molecule has 0 saturated carbocycles. The van der Waals surface area contributed by atoms with E-state index < -0.39 is 0 Å². The lowest BCUT2D eigenvalue weighted by atomic mass is 10.1. The van der Waals surface area contributed by atoms with Crippen LogP contribution < -0.4 is 11.3 Å². The minimum Gasteiger partial charge on any atom is -0.270 e. The van der Waals surface area contributed by atoms with Crippen LogP contribution in [-0.2, 0) is 6.54 Å². The summed E-state index contributed by atoms with van der Waals surface area (Å²) in [5.74, 6) is 5.74. The van der Waals surface area contributed by atoms with Gasteiger partial charge in [0.1, 0.15) is 0 Å². The van der Waals surface area contributed by atoms with Crippen LogP contribution in [0.5, 0.6) is 0 Å². The molecule has 1 atom stereocenters. The third kappa shape index (κ3) is 2.87. The van der Waals surface area contributed by atoms with E-state index in [0.29, 0.717) is 0 Å². The van der Waals surface area contributed by atoms with E-state index in [-0.39, 0.29) is 6.04 Å². The summed E-state index contributed by atoms with van der Waals surface area (Å²) in [5, 5.41) is 7.18. The van der Waals surface area contributed by atoms with Crippen molar-refractivity contribution in [1.82, 2.24) is 15.2 Å². The predicted octanol–water partition coefficient (Wildman–Crippen LogP) is 3.63. The van der Waals surface area contributed by atoms with Gasteiger partial charge in [0.25, 0.3) is 0 Å². The first-order valence-electron chi connectivity index (χ1n) is 6.00. The highest BCUT2D eigenvalue weighted by Gasteiger charge is 2.24. The molecule has 0 aliphatic carbocycles. The molecule has 1 unspecified atom stereocenters. The predicted molar refractivity (Wildman–Crippen MR) is 83.5 cm³/mol. The number of aryl methyl sites for hydroxylation is 2. The molecule has 0 saturated heterocycles. The van der Waals surface area contributed by atoms with Crippen LogP contribution in [0.15, 0.2) is 16.0 Å². The number of nitrogens with zero attached hydrogens (tertiary/aromatic N) is 2. The van der Waals surface area contributed by atoms with Crippen molar-refractivity contribution in [2.24, 2.45) is 5.84 Å². The second-order valence-electron chi connectivity index (χ2n) is 4.30. The maximum atomic E-state index is 6.35. The molecule has 2 aromatic heterocycles. The lowest BCUT2D eigenvalue weighted by Crippen LogP contribution is -2.30. The molecule has 104 valence electrons. The second kappa shape index (κ2) is 6.37. The highest BCUT2D eigenvalue weighted by Crippen LogP contribution is 2.37. The Hall–Kier alpha value is -0.400. The van der Waals surface area contributed by atoms with Crippen LogP contribution in [0.3, 0.4) is 0 Å². The lowest BCUT2D eigenvalue weighted by molar-refractivity contribution is 0.523. The van der Waals surface area contributed by atoms with Crippen molar-refractivity contribution in [3.05, 3.63) is 37.2 Å². The number of hydrazine groups is 1. The Kier molecular flexibility index (Phi) is 5.03. The molecular weight excluding hydrogens is 348 g/mol.